The fraction of sp³-hybridized carbons (Fsp3) is 0.500. The fourth-order valence-corrected chi connectivity index (χ4v) is 3.41. The van der Waals surface area contributed by atoms with Crippen molar-refractivity contribution in [3.05, 3.63) is 53.6 Å². The van der Waals surface area contributed by atoms with Crippen molar-refractivity contribution in [1.82, 2.24) is 14.5 Å². The van der Waals surface area contributed by atoms with Gasteiger partial charge in [0, 0.05) is 26.2 Å². The number of imidazole rings is 1. The first-order chi connectivity index (χ1) is 12.0. The fourth-order valence-electron chi connectivity index (χ4n) is 3.41. The van der Waals surface area contributed by atoms with Gasteiger partial charge in [0.05, 0.1) is 12.2 Å². The van der Waals surface area contributed by atoms with Crippen LogP contribution in [0.15, 0.2) is 36.5 Å². The number of nitrogens with zero attached hydrogens (tertiary/aromatic N) is 3. The molecule has 2 heterocycles. The van der Waals surface area contributed by atoms with E-state index in [9.17, 15) is 9.90 Å². The largest absolute Gasteiger partial charge is 0.380 e. The molecule has 1 N–H and O–H groups in total. The average Bonchev–Trinajstić information content (AvgIpc) is 3.02. The molecule has 134 valence electrons. The van der Waals surface area contributed by atoms with E-state index in [1.807, 2.05) is 36.5 Å². The lowest BCUT2D eigenvalue weighted by Crippen LogP contribution is -2.45. The van der Waals surface area contributed by atoms with Crippen LogP contribution in [0, 0.1) is 0 Å². The number of hydrogen-bond acceptors (Lipinski definition) is 3. The monoisotopic (exact) mass is 341 g/mol. The van der Waals surface area contributed by atoms with Crippen LogP contribution < -0.4 is 0 Å². The van der Waals surface area contributed by atoms with Gasteiger partial charge in [0.15, 0.2) is 0 Å². The number of aliphatic hydroxyl groups is 1. The maximum absolute atomic E-state index is 12.7. The molecule has 0 bridgehead atoms. The van der Waals surface area contributed by atoms with Gasteiger partial charge in [-0.2, -0.15) is 0 Å². The van der Waals surface area contributed by atoms with E-state index in [1.54, 1.807) is 18.9 Å². The summed E-state index contributed by atoms with van der Waals surface area (Å²) in [4.78, 5) is 18.9. The van der Waals surface area contributed by atoms with Crippen LogP contribution in [0.1, 0.15) is 43.3 Å². The first-order valence-electron chi connectivity index (χ1n) is 9.02. The second-order valence-corrected chi connectivity index (χ2v) is 7.22. The van der Waals surface area contributed by atoms with Gasteiger partial charge >= 0.3 is 0 Å². The second-order valence-electron chi connectivity index (χ2n) is 7.22. The number of fused-ring (bicyclic) bond motifs is 1. The average molecular weight is 341 g/mol. The maximum Gasteiger partial charge on any atom is 0.254 e. The van der Waals surface area contributed by atoms with Crippen molar-refractivity contribution in [2.45, 2.75) is 57.7 Å². The van der Waals surface area contributed by atoms with Crippen LogP contribution in [0.5, 0.6) is 0 Å². The molecular weight excluding hydrogens is 314 g/mol. The molecule has 0 radical (unpaired) electrons. The Kier molecular flexibility index (Phi) is 5.23. The number of carbonyl (C=O) groups excluding carboxylic acids is 1. The minimum absolute atomic E-state index is 0.255. The van der Waals surface area contributed by atoms with E-state index in [0.717, 1.165) is 30.0 Å². The van der Waals surface area contributed by atoms with Gasteiger partial charge in [-0.3, -0.25) is 4.79 Å². The Morgan fingerprint density at radius 2 is 2.08 bits per heavy atom. The third kappa shape index (κ3) is 4.28. The first kappa shape index (κ1) is 17.7. The number of aromatic nitrogens is 2. The van der Waals surface area contributed by atoms with E-state index < -0.39 is 5.60 Å². The lowest BCUT2D eigenvalue weighted by Gasteiger charge is -2.28. The van der Waals surface area contributed by atoms with E-state index in [0.29, 0.717) is 19.4 Å². The van der Waals surface area contributed by atoms with Gasteiger partial charge in [0.2, 0.25) is 0 Å². The van der Waals surface area contributed by atoms with Crippen LogP contribution in [0.4, 0.5) is 0 Å². The summed E-state index contributed by atoms with van der Waals surface area (Å²) in [6.45, 7) is 3.04. The molecule has 0 spiro atoms. The molecule has 1 aliphatic rings. The van der Waals surface area contributed by atoms with Crippen LogP contribution in [0.3, 0.4) is 0 Å². The maximum atomic E-state index is 12.7. The van der Waals surface area contributed by atoms with Gasteiger partial charge in [-0.15, -0.1) is 0 Å². The molecule has 3 rings (SSSR count). The lowest BCUT2D eigenvalue weighted by molar-refractivity contribution is -0.149. The first-order valence-corrected chi connectivity index (χ1v) is 9.02. The molecule has 5 nitrogen and oxygen atoms in total. The van der Waals surface area contributed by atoms with E-state index in [4.69, 9.17) is 0 Å². The van der Waals surface area contributed by atoms with Crippen molar-refractivity contribution in [3.63, 3.8) is 0 Å². The van der Waals surface area contributed by atoms with Gasteiger partial charge in [-0.25, -0.2) is 4.98 Å². The third-order valence-electron chi connectivity index (χ3n) is 4.91. The van der Waals surface area contributed by atoms with Crippen LogP contribution in [0.2, 0.25) is 0 Å². The van der Waals surface area contributed by atoms with Gasteiger partial charge in [-0.1, -0.05) is 30.3 Å². The quantitative estimate of drug-likeness (QED) is 0.878. The van der Waals surface area contributed by atoms with Gasteiger partial charge in [0.25, 0.3) is 5.91 Å². The Hall–Kier alpha value is -2.14. The summed E-state index contributed by atoms with van der Waals surface area (Å²) in [5.74, 6) is 0.854. The zero-order valence-corrected chi connectivity index (χ0v) is 15.1. The highest BCUT2D eigenvalue weighted by molar-refractivity contribution is 5.84. The summed E-state index contributed by atoms with van der Waals surface area (Å²) in [6, 6.07) is 9.93. The smallest absolute Gasteiger partial charge is 0.254 e. The summed E-state index contributed by atoms with van der Waals surface area (Å²) < 4.78 is 2.19. The standard InChI is InChI=1S/C20H27N3O2/c1-20(25,12-11-16-8-4-3-5-9-16)19(24)22(2)14-17-15-23-13-7-6-10-18(23)21-17/h3-5,8-9,15,25H,6-7,10-14H2,1-2H3/t20-/m0/s1. The summed E-state index contributed by atoms with van der Waals surface area (Å²) in [5.41, 5.74) is 0.649. The third-order valence-corrected chi connectivity index (χ3v) is 4.91. The van der Waals surface area contributed by atoms with Gasteiger partial charge in [0.1, 0.15) is 11.4 Å². The topological polar surface area (TPSA) is 58.4 Å². The van der Waals surface area contributed by atoms with Crippen LogP contribution >= 0.6 is 0 Å². The summed E-state index contributed by atoms with van der Waals surface area (Å²) in [5, 5.41) is 10.6. The minimum atomic E-state index is -1.37. The Morgan fingerprint density at radius 3 is 2.80 bits per heavy atom. The molecule has 1 atom stereocenters. The summed E-state index contributed by atoms with van der Waals surface area (Å²) in [6.07, 6.45) is 6.49. The normalized spacial score (nSPS) is 16.1. The molecular formula is C20H27N3O2. The zero-order chi connectivity index (χ0) is 17.9. The highest BCUT2D eigenvalue weighted by atomic mass is 16.3. The van der Waals surface area contributed by atoms with Crippen molar-refractivity contribution < 1.29 is 9.90 Å². The Bertz CT molecular complexity index is 698. The van der Waals surface area contributed by atoms with Crippen LogP contribution in [0.25, 0.3) is 0 Å². The zero-order valence-electron chi connectivity index (χ0n) is 15.1. The molecule has 5 heteroatoms. The van der Waals surface area contributed by atoms with Crippen molar-refractivity contribution >= 4 is 5.91 Å². The van der Waals surface area contributed by atoms with Crippen molar-refractivity contribution in [3.8, 4) is 0 Å². The number of likely N-dealkylation sites (N-methyl/N-ethyl adjacent to an activating group) is 1. The van der Waals surface area contributed by atoms with Gasteiger partial charge in [-0.05, 0) is 38.2 Å². The SMILES string of the molecule is CN(Cc1cn2c(n1)CCCC2)C(=O)[C@@](C)(O)CCc1ccccc1. The summed E-state index contributed by atoms with van der Waals surface area (Å²) >= 11 is 0. The number of carbonyl (C=O) groups is 1. The molecule has 0 saturated carbocycles. The van der Waals surface area contributed by atoms with Crippen LogP contribution in [-0.4, -0.2) is 38.1 Å². The number of benzene rings is 1. The second kappa shape index (κ2) is 7.40. The number of hydrogen-bond donors (Lipinski definition) is 1. The Labute approximate surface area is 149 Å². The predicted molar refractivity (Wildman–Crippen MR) is 97.0 cm³/mol. The molecule has 0 fully saturated rings. The number of amides is 1. The van der Waals surface area contributed by atoms with Crippen molar-refractivity contribution in [1.29, 1.82) is 0 Å². The Morgan fingerprint density at radius 1 is 1.32 bits per heavy atom. The molecule has 1 aromatic carbocycles. The lowest BCUT2D eigenvalue weighted by atomic mass is 9.95. The van der Waals surface area contributed by atoms with E-state index >= 15 is 0 Å². The van der Waals surface area contributed by atoms with E-state index in [2.05, 4.69) is 9.55 Å². The predicted octanol–water partition coefficient (Wildman–Crippen LogP) is 2.56. The molecule has 0 saturated heterocycles. The highest BCUT2D eigenvalue weighted by Crippen LogP contribution is 2.19. The molecule has 25 heavy (non-hydrogen) atoms. The molecule has 0 unspecified atom stereocenters. The van der Waals surface area contributed by atoms with E-state index in [-0.39, 0.29) is 5.91 Å². The van der Waals surface area contributed by atoms with Crippen molar-refractivity contribution in [2.75, 3.05) is 7.05 Å². The van der Waals surface area contributed by atoms with Crippen molar-refractivity contribution in [2.24, 2.45) is 0 Å². The van der Waals surface area contributed by atoms with Gasteiger partial charge < -0.3 is 14.6 Å². The highest BCUT2D eigenvalue weighted by Gasteiger charge is 2.33. The number of aryl methyl sites for hydroxylation is 3. The summed E-state index contributed by atoms with van der Waals surface area (Å²) in [7, 11) is 1.73. The molecule has 0 aliphatic carbocycles. The Balaban J connectivity index is 1.59. The molecule has 2 aromatic rings. The van der Waals surface area contributed by atoms with E-state index in [1.165, 1.54) is 12.8 Å². The molecule has 1 amide bonds. The number of rotatable bonds is 6. The minimum Gasteiger partial charge on any atom is -0.380 e. The molecule has 1 aromatic heterocycles. The van der Waals surface area contributed by atoms with Crippen LogP contribution in [-0.2, 0) is 30.7 Å². The molecule has 1 aliphatic heterocycles.